The Bertz CT molecular complexity index is 1420. The minimum absolute atomic E-state index is 0.148. The summed E-state index contributed by atoms with van der Waals surface area (Å²) in [4.78, 5) is 30.9. The number of carbonyl (C=O) groups excluding carboxylic acids is 1. The molecule has 0 atom stereocenters. The molecule has 3 aromatic carbocycles. The summed E-state index contributed by atoms with van der Waals surface area (Å²) in [5, 5.41) is 19.2. The van der Waals surface area contributed by atoms with Gasteiger partial charge in [-0.05, 0) is 48.0 Å². The van der Waals surface area contributed by atoms with Crippen molar-refractivity contribution in [3.05, 3.63) is 106 Å². The number of aromatic nitrogens is 2. The van der Waals surface area contributed by atoms with Gasteiger partial charge in [0.05, 0.1) is 9.95 Å². The molecule has 1 aromatic heterocycles. The Balaban J connectivity index is 1.36. The molecule has 0 aliphatic rings. The van der Waals surface area contributed by atoms with E-state index >= 15 is 0 Å². The van der Waals surface area contributed by atoms with E-state index in [0.717, 1.165) is 0 Å². The number of nitrogens with one attached hydrogen (secondary N) is 3. The molecule has 0 bridgehead atoms. The topological polar surface area (TPSA) is 131 Å². The highest BCUT2D eigenvalue weighted by molar-refractivity contribution is 6.32. The third-order valence-corrected chi connectivity index (χ3v) is 4.98. The molecule has 0 saturated heterocycles. The first kappa shape index (κ1) is 24.4. The quantitative estimate of drug-likeness (QED) is 0.192. The van der Waals surface area contributed by atoms with Gasteiger partial charge in [0.25, 0.3) is 5.69 Å². The molecule has 1 heterocycles. The van der Waals surface area contributed by atoms with Gasteiger partial charge in [-0.1, -0.05) is 29.8 Å². The molecule has 0 aliphatic carbocycles. The molecule has 0 spiro atoms. The van der Waals surface area contributed by atoms with E-state index in [4.69, 9.17) is 16.3 Å². The lowest BCUT2D eigenvalue weighted by atomic mass is 10.2. The van der Waals surface area contributed by atoms with E-state index in [0.29, 0.717) is 22.0 Å². The molecule has 12 heteroatoms. The Kier molecular flexibility index (Phi) is 7.51. The van der Waals surface area contributed by atoms with Gasteiger partial charge in [0.2, 0.25) is 5.95 Å². The van der Waals surface area contributed by atoms with E-state index in [9.17, 15) is 19.3 Å². The Morgan fingerprint density at radius 3 is 2.64 bits per heavy atom. The number of urea groups is 1. The van der Waals surface area contributed by atoms with E-state index in [1.54, 1.807) is 30.3 Å². The third kappa shape index (κ3) is 6.64. The fourth-order valence-electron chi connectivity index (χ4n) is 3.08. The first-order valence-electron chi connectivity index (χ1n) is 10.4. The molecular weight excluding hydrogens is 491 g/mol. The second-order valence-corrected chi connectivity index (χ2v) is 7.75. The lowest BCUT2D eigenvalue weighted by Gasteiger charge is -2.11. The van der Waals surface area contributed by atoms with Crippen molar-refractivity contribution in [1.82, 2.24) is 9.97 Å². The Hall–Kier alpha value is -4.77. The normalized spacial score (nSPS) is 10.4. The van der Waals surface area contributed by atoms with E-state index in [2.05, 4.69) is 25.9 Å². The number of nitrogens with zero attached hydrogens (tertiary/aromatic N) is 3. The molecule has 0 fully saturated rings. The van der Waals surface area contributed by atoms with Gasteiger partial charge in [-0.2, -0.15) is 4.98 Å². The van der Waals surface area contributed by atoms with Gasteiger partial charge < -0.3 is 15.4 Å². The minimum Gasteiger partial charge on any atom is -0.487 e. The molecular formula is C24H18ClFN6O4. The molecule has 2 amide bonds. The lowest BCUT2D eigenvalue weighted by molar-refractivity contribution is -0.384. The number of ether oxygens (including phenoxy) is 1. The molecule has 4 aromatic rings. The highest BCUT2D eigenvalue weighted by Gasteiger charge is 2.10. The predicted molar refractivity (Wildman–Crippen MR) is 133 cm³/mol. The van der Waals surface area contributed by atoms with Gasteiger partial charge in [0, 0.05) is 29.7 Å². The summed E-state index contributed by atoms with van der Waals surface area (Å²) < 4.78 is 19.0. The number of carbonyl (C=O) groups is 1. The van der Waals surface area contributed by atoms with Gasteiger partial charge in [0.15, 0.2) is 0 Å². The summed E-state index contributed by atoms with van der Waals surface area (Å²) >= 11 is 6.31. The van der Waals surface area contributed by atoms with Crippen molar-refractivity contribution in [3.8, 4) is 5.75 Å². The van der Waals surface area contributed by atoms with Crippen molar-refractivity contribution in [2.45, 2.75) is 6.61 Å². The van der Waals surface area contributed by atoms with Crippen LogP contribution < -0.4 is 20.7 Å². The van der Waals surface area contributed by atoms with Crippen molar-refractivity contribution in [1.29, 1.82) is 0 Å². The van der Waals surface area contributed by atoms with Gasteiger partial charge >= 0.3 is 6.03 Å². The number of amides is 2. The van der Waals surface area contributed by atoms with Crippen molar-refractivity contribution in [2.75, 3.05) is 16.0 Å². The van der Waals surface area contributed by atoms with Crippen LogP contribution in [-0.2, 0) is 6.61 Å². The first-order valence-corrected chi connectivity index (χ1v) is 10.8. The van der Waals surface area contributed by atoms with Crippen LogP contribution in [-0.4, -0.2) is 20.9 Å². The molecule has 0 radical (unpaired) electrons. The van der Waals surface area contributed by atoms with Gasteiger partial charge in [0.1, 0.15) is 24.0 Å². The standard InChI is InChI=1S/C24H18ClFN6O4/c25-20-13-18(7-8-21(20)36-14-15-3-1-4-16(26)11-15)28-23-27-10-9-22(30-23)31-24(33)29-17-5-2-6-19(12-17)32(34)35/h1-13H,14H2,(H3,27,28,29,30,31,33). The van der Waals surface area contributed by atoms with E-state index in [1.807, 2.05) is 0 Å². The number of hydrogen-bond acceptors (Lipinski definition) is 7. The summed E-state index contributed by atoms with van der Waals surface area (Å²) in [5.41, 5.74) is 1.34. The van der Waals surface area contributed by atoms with E-state index in [1.165, 1.54) is 48.7 Å². The van der Waals surface area contributed by atoms with Crippen LogP contribution in [0.25, 0.3) is 0 Å². The SMILES string of the molecule is O=C(Nc1cccc([N+](=O)[O-])c1)Nc1ccnc(Nc2ccc(OCc3cccc(F)c3)c(Cl)c2)n1. The molecule has 3 N–H and O–H groups in total. The second-order valence-electron chi connectivity index (χ2n) is 7.34. The van der Waals surface area contributed by atoms with Crippen LogP contribution in [0, 0.1) is 15.9 Å². The van der Waals surface area contributed by atoms with Crippen LogP contribution >= 0.6 is 11.6 Å². The van der Waals surface area contributed by atoms with Crippen molar-refractivity contribution < 1.29 is 18.8 Å². The van der Waals surface area contributed by atoms with Gasteiger partial charge in [-0.25, -0.2) is 14.2 Å². The number of hydrogen-bond donors (Lipinski definition) is 3. The smallest absolute Gasteiger partial charge is 0.324 e. The molecule has 0 unspecified atom stereocenters. The number of halogens is 2. The zero-order chi connectivity index (χ0) is 25.5. The summed E-state index contributed by atoms with van der Waals surface area (Å²) in [6, 6.07) is 17.4. The van der Waals surface area contributed by atoms with Crippen molar-refractivity contribution >= 4 is 46.5 Å². The monoisotopic (exact) mass is 508 g/mol. The molecule has 182 valence electrons. The molecule has 10 nitrogen and oxygen atoms in total. The maximum absolute atomic E-state index is 13.3. The van der Waals surface area contributed by atoms with Crippen LogP contribution in [0.4, 0.5) is 38.0 Å². The average molecular weight is 509 g/mol. The van der Waals surface area contributed by atoms with E-state index < -0.39 is 11.0 Å². The maximum atomic E-state index is 13.3. The summed E-state index contributed by atoms with van der Waals surface area (Å²) in [5.74, 6) is 0.449. The number of rotatable bonds is 8. The summed E-state index contributed by atoms with van der Waals surface area (Å²) in [7, 11) is 0. The fourth-order valence-corrected chi connectivity index (χ4v) is 3.31. The van der Waals surface area contributed by atoms with Crippen LogP contribution in [0.1, 0.15) is 5.56 Å². The van der Waals surface area contributed by atoms with Gasteiger partial charge in [-0.3, -0.25) is 15.4 Å². The average Bonchev–Trinajstić information content (AvgIpc) is 2.84. The highest BCUT2D eigenvalue weighted by atomic mass is 35.5. The van der Waals surface area contributed by atoms with Gasteiger partial charge in [-0.15, -0.1) is 0 Å². The summed E-state index contributed by atoms with van der Waals surface area (Å²) in [6.45, 7) is 0.152. The number of non-ortho nitro benzene ring substituents is 1. The lowest BCUT2D eigenvalue weighted by Crippen LogP contribution is -2.20. The predicted octanol–water partition coefficient (Wildman–Crippen LogP) is 6.14. The number of nitro benzene ring substituents is 1. The van der Waals surface area contributed by atoms with Crippen molar-refractivity contribution in [3.63, 3.8) is 0 Å². The summed E-state index contributed by atoms with van der Waals surface area (Å²) in [6.07, 6.45) is 1.44. The van der Waals surface area contributed by atoms with E-state index in [-0.39, 0.29) is 35.6 Å². The molecule has 4 rings (SSSR count). The molecule has 36 heavy (non-hydrogen) atoms. The van der Waals surface area contributed by atoms with Crippen molar-refractivity contribution in [2.24, 2.45) is 0 Å². The van der Waals surface area contributed by atoms with Crippen LogP contribution in [0.3, 0.4) is 0 Å². The number of nitro groups is 1. The Morgan fingerprint density at radius 1 is 1.03 bits per heavy atom. The third-order valence-electron chi connectivity index (χ3n) is 4.68. The van der Waals surface area contributed by atoms with Crippen LogP contribution in [0.15, 0.2) is 79.0 Å². The zero-order valence-corrected chi connectivity index (χ0v) is 19.2. The first-order chi connectivity index (χ1) is 17.4. The minimum atomic E-state index is -0.636. The Morgan fingerprint density at radius 2 is 1.86 bits per heavy atom. The molecule has 0 aliphatic heterocycles. The Labute approximate surface area is 209 Å². The van der Waals surface area contributed by atoms with Crippen LogP contribution in [0.2, 0.25) is 5.02 Å². The number of anilines is 4. The van der Waals surface area contributed by atoms with Crippen LogP contribution in [0.5, 0.6) is 5.75 Å². The molecule has 0 saturated carbocycles. The number of benzene rings is 3. The second kappa shape index (κ2) is 11.1. The fraction of sp³-hybridized carbons (Fsp3) is 0.0417. The highest BCUT2D eigenvalue weighted by Crippen LogP contribution is 2.29. The largest absolute Gasteiger partial charge is 0.487 e. The zero-order valence-electron chi connectivity index (χ0n) is 18.4. The maximum Gasteiger partial charge on any atom is 0.324 e.